The largest absolute Gasteiger partial charge is 0.350 e. The van der Waals surface area contributed by atoms with Gasteiger partial charge in [-0.05, 0) is 35.6 Å². The van der Waals surface area contributed by atoms with Gasteiger partial charge in [-0.1, -0.05) is 0 Å². The summed E-state index contributed by atoms with van der Waals surface area (Å²) in [6.07, 6.45) is 1.00. The highest BCUT2D eigenvalue weighted by Gasteiger charge is 2.25. The summed E-state index contributed by atoms with van der Waals surface area (Å²) in [5.74, 6) is -1.13. The average molecular weight is 360 g/mol. The van der Waals surface area contributed by atoms with E-state index in [1.54, 1.807) is 4.90 Å². The number of thiophene rings is 1. The van der Waals surface area contributed by atoms with Gasteiger partial charge in [-0.25, -0.2) is 18.7 Å². The summed E-state index contributed by atoms with van der Waals surface area (Å²) in [5.41, 5.74) is 1.48. The quantitative estimate of drug-likeness (QED) is 0.774. The van der Waals surface area contributed by atoms with Gasteiger partial charge in [-0.3, -0.25) is 4.79 Å². The summed E-state index contributed by atoms with van der Waals surface area (Å²) in [5, 5.41) is 4.80. The second kappa shape index (κ2) is 6.36. The van der Waals surface area contributed by atoms with Gasteiger partial charge in [-0.2, -0.15) is 0 Å². The molecule has 0 atom stereocenters. The van der Waals surface area contributed by atoms with Crippen molar-refractivity contribution < 1.29 is 13.6 Å². The summed E-state index contributed by atoms with van der Waals surface area (Å²) in [4.78, 5) is 23.0. The summed E-state index contributed by atoms with van der Waals surface area (Å²) in [7, 11) is 0. The fourth-order valence-electron chi connectivity index (χ4n) is 2.65. The molecule has 0 spiro atoms. The molecular formula is C17H14F2N4OS. The van der Waals surface area contributed by atoms with Gasteiger partial charge < -0.3 is 10.2 Å². The van der Waals surface area contributed by atoms with Crippen molar-refractivity contribution in [3.8, 4) is 0 Å². The second-order valence-corrected chi connectivity index (χ2v) is 6.72. The van der Waals surface area contributed by atoms with E-state index >= 15 is 0 Å². The van der Waals surface area contributed by atoms with Crippen molar-refractivity contribution in [1.29, 1.82) is 0 Å². The van der Waals surface area contributed by atoms with Crippen LogP contribution >= 0.6 is 11.3 Å². The number of likely N-dealkylation sites (tertiary alicyclic amines) is 1. The number of fused-ring (bicyclic) bond motifs is 1. The molecule has 0 radical (unpaired) electrons. The third kappa shape index (κ3) is 3.17. The number of nitrogens with one attached hydrogen (secondary N) is 1. The van der Waals surface area contributed by atoms with Crippen molar-refractivity contribution in [2.45, 2.75) is 13.0 Å². The van der Waals surface area contributed by atoms with Crippen LogP contribution in [-0.4, -0.2) is 33.9 Å². The molecule has 0 saturated carbocycles. The third-order valence-electron chi connectivity index (χ3n) is 4.02. The minimum absolute atomic E-state index is 0.110. The zero-order chi connectivity index (χ0) is 17.4. The van der Waals surface area contributed by atoms with Crippen LogP contribution in [-0.2, 0) is 6.54 Å². The molecule has 2 aromatic heterocycles. The first kappa shape index (κ1) is 15.9. The molecule has 0 unspecified atom stereocenters. The summed E-state index contributed by atoms with van der Waals surface area (Å²) < 4.78 is 27.3. The number of hydrogen-bond donors (Lipinski definition) is 1. The lowest BCUT2D eigenvalue weighted by Crippen LogP contribution is -2.42. The number of nitrogens with zero attached hydrogens (tertiary/aromatic N) is 3. The molecule has 8 heteroatoms. The molecule has 1 aliphatic rings. The highest BCUT2D eigenvalue weighted by atomic mass is 32.1. The van der Waals surface area contributed by atoms with Gasteiger partial charge >= 0.3 is 0 Å². The van der Waals surface area contributed by atoms with Crippen LogP contribution in [0.25, 0.3) is 10.2 Å². The summed E-state index contributed by atoms with van der Waals surface area (Å²) in [6, 6.07) is 5.12. The molecule has 128 valence electrons. The Balaban J connectivity index is 1.62. The number of carbonyl (C=O) groups is 1. The minimum Gasteiger partial charge on any atom is -0.350 e. The Morgan fingerprint density at radius 2 is 1.96 bits per heavy atom. The van der Waals surface area contributed by atoms with Crippen LogP contribution < -0.4 is 5.32 Å². The van der Waals surface area contributed by atoms with Gasteiger partial charge in [0.2, 0.25) is 5.95 Å². The maximum Gasteiger partial charge on any atom is 0.274 e. The molecular weight excluding hydrogens is 346 g/mol. The Bertz CT molecular complexity index is 935. The normalized spacial score (nSPS) is 13.8. The predicted octanol–water partition coefficient (Wildman–Crippen LogP) is 3.43. The number of aromatic nitrogens is 2. The molecule has 25 heavy (non-hydrogen) atoms. The Labute approximate surface area is 146 Å². The monoisotopic (exact) mass is 360 g/mol. The lowest BCUT2D eigenvalue weighted by atomic mass is 10.2. The molecule has 1 fully saturated rings. The predicted molar refractivity (Wildman–Crippen MR) is 91.6 cm³/mol. The Hall–Kier alpha value is -2.61. The summed E-state index contributed by atoms with van der Waals surface area (Å²) >= 11 is 1.42. The average Bonchev–Trinajstić information content (AvgIpc) is 2.97. The van der Waals surface area contributed by atoms with Gasteiger partial charge in [0.1, 0.15) is 11.6 Å². The van der Waals surface area contributed by atoms with Crippen LogP contribution in [0, 0.1) is 11.6 Å². The van der Waals surface area contributed by atoms with Crippen LogP contribution in [0.15, 0.2) is 29.6 Å². The third-order valence-corrected chi connectivity index (χ3v) is 4.93. The van der Waals surface area contributed by atoms with Crippen molar-refractivity contribution in [1.82, 2.24) is 14.9 Å². The molecule has 1 aliphatic heterocycles. The number of carbonyl (C=O) groups excluding carboxylic acids is 1. The van der Waals surface area contributed by atoms with E-state index < -0.39 is 11.6 Å². The van der Waals surface area contributed by atoms with E-state index in [2.05, 4.69) is 15.3 Å². The van der Waals surface area contributed by atoms with Crippen LogP contribution in [0.4, 0.5) is 14.7 Å². The zero-order valence-corrected chi connectivity index (χ0v) is 13.9. The first-order chi connectivity index (χ1) is 12.1. The maximum atomic E-state index is 13.3. The van der Waals surface area contributed by atoms with Crippen molar-refractivity contribution >= 4 is 33.4 Å². The molecule has 0 bridgehead atoms. The maximum absolute atomic E-state index is 13.3. The summed E-state index contributed by atoms with van der Waals surface area (Å²) in [6.45, 7) is 1.63. The van der Waals surface area contributed by atoms with Gasteiger partial charge in [0, 0.05) is 25.7 Å². The van der Waals surface area contributed by atoms with Crippen LogP contribution in [0.2, 0.25) is 0 Å². The van der Waals surface area contributed by atoms with E-state index in [1.165, 1.54) is 23.5 Å². The Morgan fingerprint density at radius 3 is 2.64 bits per heavy atom. The molecule has 3 heterocycles. The van der Waals surface area contributed by atoms with Crippen molar-refractivity contribution in [3.05, 3.63) is 52.5 Å². The lowest BCUT2D eigenvalue weighted by molar-refractivity contribution is 0.0648. The smallest absolute Gasteiger partial charge is 0.274 e. The number of amides is 1. The van der Waals surface area contributed by atoms with Gasteiger partial charge in [-0.15, -0.1) is 11.3 Å². The van der Waals surface area contributed by atoms with E-state index in [0.717, 1.165) is 30.3 Å². The Kier molecular flexibility index (Phi) is 4.04. The highest BCUT2D eigenvalue weighted by molar-refractivity contribution is 7.17. The molecule has 1 aromatic carbocycles. The SMILES string of the molecule is O=C(c1nc(NCc2cc(F)cc(F)c2)nc2ccsc12)N1CCC1. The number of rotatable bonds is 4. The number of hydrogen-bond acceptors (Lipinski definition) is 5. The van der Waals surface area contributed by atoms with Gasteiger partial charge in [0.25, 0.3) is 5.91 Å². The topological polar surface area (TPSA) is 58.1 Å². The second-order valence-electron chi connectivity index (χ2n) is 5.81. The van der Waals surface area contributed by atoms with Crippen LogP contribution in [0.3, 0.4) is 0 Å². The standard InChI is InChI=1S/C17H14F2N4OS/c18-11-6-10(7-12(19)8-11)9-20-17-21-13-2-5-25-15(13)14(22-17)16(24)23-3-1-4-23/h2,5-8H,1,3-4,9H2,(H,20,21,22). The number of halogens is 2. The highest BCUT2D eigenvalue weighted by Crippen LogP contribution is 2.26. The van der Waals surface area contributed by atoms with Gasteiger partial charge in [0.15, 0.2) is 5.69 Å². The molecule has 0 aliphatic carbocycles. The van der Waals surface area contributed by atoms with Crippen molar-refractivity contribution in [2.24, 2.45) is 0 Å². The van der Waals surface area contributed by atoms with Crippen molar-refractivity contribution in [2.75, 3.05) is 18.4 Å². The Morgan fingerprint density at radius 1 is 1.20 bits per heavy atom. The van der Waals surface area contributed by atoms with E-state index in [1.807, 2.05) is 11.4 Å². The van der Waals surface area contributed by atoms with Gasteiger partial charge in [0.05, 0.1) is 10.2 Å². The molecule has 1 N–H and O–H groups in total. The molecule has 1 amide bonds. The van der Waals surface area contributed by atoms with Crippen LogP contribution in [0.1, 0.15) is 22.5 Å². The van der Waals surface area contributed by atoms with E-state index in [9.17, 15) is 13.6 Å². The lowest BCUT2D eigenvalue weighted by Gasteiger charge is -2.30. The van der Waals surface area contributed by atoms with Crippen molar-refractivity contribution in [3.63, 3.8) is 0 Å². The molecule has 3 aromatic rings. The van der Waals surface area contributed by atoms with E-state index in [0.29, 0.717) is 16.8 Å². The first-order valence-corrected chi connectivity index (χ1v) is 8.71. The molecule has 4 rings (SSSR count). The fraction of sp³-hybridized carbons (Fsp3) is 0.235. The zero-order valence-electron chi connectivity index (χ0n) is 13.1. The van der Waals surface area contributed by atoms with E-state index in [4.69, 9.17) is 0 Å². The van der Waals surface area contributed by atoms with Crippen LogP contribution in [0.5, 0.6) is 0 Å². The number of anilines is 1. The minimum atomic E-state index is -0.639. The number of benzene rings is 1. The first-order valence-electron chi connectivity index (χ1n) is 7.83. The molecule has 1 saturated heterocycles. The molecule has 5 nitrogen and oxygen atoms in total. The fourth-order valence-corrected chi connectivity index (χ4v) is 3.46. The van der Waals surface area contributed by atoms with E-state index in [-0.39, 0.29) is 18.4 Å².